The fraction of sp³-hybridized carbons (Fsp3) is 0.533. The molecule has 0 unspecified atom stereocenters. The Labute approximate surface area is 132 Å². The van der Waals surface area contributed by atoms with Crippen LogP contribution in [0.15, 0.2) is 24.3 Å². The lowest BCUT2D eigenvalue weighted by Crippen LogP contribution is -2.48. The number of sulfonamides is 1. The van der Waals surface area contributed by atoms with Gasteiger partial charge in [0.15, 0.2) is 0 Å². The summed E-state index contributed by atoms with van der Waals surface area (Å²) in [5.41, 5.74) is 1.55. The van der Waals surface area contributed by atoms with E-state index in [0.717, 1.165) is 18.7 Å². The first-order chi connectivity index (χ1) is 10.4. The molecule has 1 aromatic rings. The number of benzene rings is 1. The van der Waals surface area contributed by atoms with E-state index >= 15 is 0 Å². The maximum atomic E-state index is 12.2. The molecule has 1 N–H and O–H groups in total. The van der Waals surface area contributed by atoms with E-state index in [1.807, 2.05) is 26.1 Å². The number of nitrogens with zero attached hydrogens (tertiary/aromatic N) is 2. The van der Waals surface area contributed by atoms with Crippen molar-refractivity contribution in [3.63, 3.8) is 0 Å². The number of hydrogen-bond donors (Lipinski definition) is 1. The third kappa shape index (κ3) is 4.53. The summed E-state index contributed by atoms with van der Waals surface area (Å²) in [5, 5.41) is 2.67. The Morgan fingerprint density at radius 1 is 1.23 bits per heavy atom. The molecule has 1 aliphatic heterocycles. The molecule has 1 saturated heterocycles. The molecule has 0 aromatic heterocycles. The predicted octanol–water partition coefficient (Wildman–Crippen LogP) is 0.302. The van der Waals surface area contributed by atoms with Crippen LogP contribution in [-0.2, 0) is 10.0 Å². The van der Waals surface area contributed by atoms with Crippen molar-refractivity contribution in [2.45, 2.75) is 6.92 Å². The molecule has 0 aliphatic carbocycles. The van der Waals surface area contributed by atoms with Crippen molar-refractivity contribution in [1.29, 1.82) is 0 Å². The van der Waals surface area contributed by atoms with Gasteiger partial charge in [-0.05, 0) is 26.1 Å². The van der Waals surface area contributed by atoms with Crippen molar-refractivity contribution in [1.82, 2.24) is 14.5 Å². The molecule has 122 valence electrons. The van der Waals surface area contributed by atoms with Gasteiger partial charge in [0.05, 0.1) is 5.75 Å². The zero-order chi connectivity index (χ0) is 16.2. The second-order valence-electron chi connectivity index (χ2n) is 5.64. The number of piperazine rings is 1. The fourth-order valence-electron chi connectivity index (χ4n) is 2.38. The molecule has 0 bridgehead atoms. The van der Waals surface area contributed by atoms with Gasteiger partial charge in [-0.15, -0.1) is 0 Å². The molecular formula is C15H23N3O3S. The molecule has 1 aliphatic rings. The van der Waals surface area contributed by atoms with Crippen LogP contribution < -0.4 is 5.32 Å². The Morgan fingerprint density at radius 2 is 1.91 bits per heavy atom. The van der Waals surface area contributed by atoms with Crippen molar-refractivity contribution >= 4 is 15.9 Å². The summed E-state index contributed by atoms with van der Waals surface area (Å²) in [6.45, 7) is 4.56. The molecule has 2 rings (SSSR count). The number of aryl methyl sites for hydroxylation is 1. The van der Waals surface area contributed by atoms with Crippen LogP contribution >= 0.6 is 0 Å². The van der Waals surface area contributed by atoms with Crippen LogP contribution in [0.3, 0.4) is 0 Å². The minimum atomic E-state index is -3.30. The van der Waals surface area contributed by atoms with Crippen LogP contribution in [0, 0.1) is 6.92 Å². The summed E-state index contributed by atoms with van der Waals surface area (Å²) in [7, 11) is -1.32. The summed E-state index contributed by atoms with van der Waals surface area (Å²) >= 11 is 0. The normalized spacial score (nSPS) is 17.4. The Balaban J connectivity index is 1.83. The minimum absolute atomic E-state index is 0.0612. The van der Waals surface area contributed by atoms with Gasteiger partial charge < -0.3 is 10.2 Å². The lowest BCUT2D eigenvalue weighted by molar-refractivity contribution is 0.0956. The molecule has 1 amide bonds. The van der Waals surface area contributed by atoms with Gasteiger partial charge in [0.25, 0.3) is 5.91 Å². The Kier molecular flexibility index (Phi) is 5.55. The fourth-order valence-corrected chi connectivity index (χ4v) is 3.72. The van der Waals surface area contributed by atoms with Crippen molar-refractivity contribution in [3.05, 3.63) is 35.4 Å². The van der Waals surface area contributed by atoms with E-state index < -0.39 is 10.0 Å². The Hall–Kier alpha value is -1.44. The third-order valence-electron chi connectivity index (χ3n) is 3.78. The van der Waals surface area contributed by atoms with E-state index in [1.165, 1.54) is 4.31 Å². The Morgan fingerprint density at radius 3 is 2.55 bits per heavy atom. The molecular weight excluding hydrogens is 302 g/mol. The van der Waals surface area contributed by atoms with Crippen molar-refractivity contribution in [2.24, 2.45) is 0 Å². The number of rotatable bonds is 5. The average molecular weight is 325 g/mol. The summed E-state index contributed by atoms with van der Waals surface area (Å²) < 4.78 is 25.9. The highest BCUT2D eigenvalue weighted by Gasteiger charge is 2.25. The molecule has 0 saturated carbocycles. The lowest BCUT2D eigenvalue weighted by atomic mass is 10.1. The third-order valence-corrected chi connectivity index (χ3v) is 5.65. The molecule has 6 nitrogen and oxygen atoms in total. The largest absolute Gasteiger partial charge is 0.351 e. The van der Waals surface area contributed by atoms with Gasteiger partial charge in [0.1, 0.15) is 0 Å². The van der Waals surface area contributed by atoms with E-state index in [9.17, 15) is 13.2 Å². The van der Waals surface area contributed by atoms with Gasteiger partial charge in [-0.25, -0.2) is 8.42 Å². The van der Waals surface area contributed by atoms with Crippen molar-refractivity contribution in [3.8, 4) is 0 Å². The highest BCUT2D eigenvalue weighted by molar-refractivity contribution is 7.89. The highest BCUT2D eigenvalue weighted by atomic mass is 32.2. The van der Waals surface area contributed by atoms with Gasteiger partial charge in [-0.1, -0.05) is 17.7 Å². The molecule has 1 fully saturated rings. The molecule has 0 spiro atoms. The summed E-state index contributed by atoms with van der Waals surface area (Å²) in [5.74, 6) is -0.300. The predicted molar refractivity (Wildman–Crippen MR) is 86.4 cm³/mol. The molecule has 7 heteroatoms. The monoisotopic (exact) mass is 325 g/mol. The number of carbonyl (C=O) groups excluding carboxylic acids is 1. The van der Waals surface area contributed by atoms with Crippen molar-refractivity contribution in [2.75, 3.05) is 45.5 Å². The van der Waals surface area contributed by atoms with E-state index in [4.69, 9.17) is 0 Å². The summed E-state index contributed by atoms with van der Waals surface area (Å²) in [6, 6.07) is 7.22. The number of amides is 1. The molecule has 0 atom stereocenters. The van der Waals surface area contributed by atoms with Crippen LogP contribution in [-0.4, -0.2) is 69.1 Å². The number of nitrogens with one attached hydrogen (secondary N) is 1. The Bertz CT molecular complexity index is 623. The molecule has 1 heterocycles. The minimum Gasteiger partial charge on any atom is -0.351 e. The van der Waals surface area contributed by atoms with Gasteiger partial charge in [0, 0.05) is 38.3 Å². The first kappa shape index (κ1) is 16.9. The molecule has 0 radical (unpaired) electrons. The lowest BCUT2D eigenvalue weighted by Gasteiger charge is -2.31. The van der Waals surface area contributed by atoms with E-state index in [2.05, 4.69) is 10.2 Å². The van der Waals surface area contributed by atoms with E-state index in [1.54, 1.807) is 12.1 Å². The first-order valence-corrected chi connectivity index (χ1v) is 9.00. The maximum absolute atomic E-state index is 12.2. The standard InChI is InChI=1S/C15H23N3O3S/c1-13-4-3-5-14(12-13)15(19)16-6-11-22(20,21)18-9-7-17(2)8-10-18/h3-5,12H,6-11H2,1-2H3,(H,16,19). The van der Waals surface area contributed by atoms with Gasteiger partial charge in [0.2, 0.25) is 10.0 Å². The zero-order valence-electron chi connectivity index (χ0n) is 13.1. The van der Waals surface area contributed by atoms with Gasteiger partial charge in [-0.3, -0.25) is 4.79 Å². The van der Waals surface area contributed by atoms with Crippen LogP contribution in [0.1, 0.15) is 15.9 Å². The maximum Gasteiger partial charge on any atom is 0.251 e. The van der Waals surface area contributed by atoms with Gasteiger partial charge in [-0.2, -0.15) is 4.31 Å². The summed E-state index contributed by atoms with van der Waals surface area (Å²) in [6.07, 6.45) is 0. The highest BCUT2D eigenvalue weighted by Crippen LogP contribution is 2.07. The smallest absolute Gasteiger partial charge is 0.251 e. The van der Waals surface area contributed by atoms with Gasteiger partial charge >= 0.3 is 0 Å². The quantitative estimate of drug-likeness (QED) is 0.845. The zero-order valence-corrected chi connectivity index (χ0v) is 13.9. The summed E-state index contributed by atoms with van der Waals surface area (Å²) in [4.78, 5) is 14.1. The molecule has 22 heavy (non-hydrogen) atoms. The van der Waals surface area contributed by atoms with Crippen LogP contribution in [0.4, 0.5) is 0 Å². The number of likely N-dealkylation sites (N-methyl/N-ethyl adjacent to an activating group) is 1. The molecule has 1 aromatic carbocycles. The van der Waals surface area contributed by atoms with E-state index in [0.29, 0.717) is 18.7 Å². The number of hydrogen-bond acceptors (Lipinski definition) is 4. The second-order valence-corrected chi connectivity index (χ2v) is 7.73. The average Bonchev–Trinajstić information content (AvgIpc) is 2.47. The van der Waals surface area contributed by atoms with Crippen LogP contribution in [0.2, 0.25) is 0 Å². The van der Waals surface area contributed by atoms with Crippen LogP contribution in [0.25, 0.3) is 0 Å². The first-order valence-electron chi connectivity index (χ1n) is 7.40. The van der Waals surface area contributed by atoms with Crippen LogP contribution in [0.5, 0.6) is 0 Å². The van der Waals surface area contributed by atoms with Crippen molar-refractivity contribution < 1.29 is 13.2 Å². The topological polar surface area (TPSA) is 69.7 Å². The number of carbonyl (C=O) groups is 1. The van der Waals surface area contributed by atoms with E-state index in [-0.39, 0.29) is 18.2 Å². The SMILES string of the molecule is Cc1cccc(C(=O)NCCS(=O)(=O)N2CCN(C)CC2)c1. The second kappa shape index (κ2) is 7.21.